The summed E-state index contributed by atoms with van der Waals surface area (Å²) in [5.74, 6) is 2.43. The zero-order valence-electron chi connectivity index (χ0n) is 10.2. The van der Waals surface area contributed by atoms with Gasteiger partial charge < -0.3 is 5.73 Å². The molecule has 0 aliphatic carbocycles. The van der Waals surface area contributed by atoms with Crippen molar-refractivity contribution in [1.29, 1.82) is 0 Å². The number of aryl methyl sites for hydroxylation is 2. The van der Waals surface area contributed by atoms with E-state index >= 15 is 0 Å². The van der Waals surface area contributed by atoms with E-state index in [0.717, 1.165) is 24.5 Å². The minimum atomic E-state index is 0.331. The van der Waals surface area contributed by atoms with Crippen molar-refractivity contribution in [2.45, 2.75) is 46.6 Å². The molecular weight excluding hydrogens is 188 g/mol. The first-order chi connectivity index (χ1) is 7.13. The summed E-state index contributed by atoms with van der Waals surface area (Å²) in [5.41, 5.74) is 5.68. The molecule has 0 aliphatic rings. The monoisotopic (exact) mass is 210 g/mol. The van der Waals surface area contributed by atoms with Gasteiger partial charge in [-0.1, -0.05) is 20.8 Å². The van der Waals surface area contributed by atoms with Crippen molar-refractivity contribution in [1.82, 2.24) is 14.8 Å². The summed E-state index contributed by atoms with van der Waals surface area (Å²) < 4.78 is 2.04. The standard InChI is InChI=1S/C11H22N4/c1-5-10-13-11(6-2)15(14-10)9(4)8(3)7-12/h8-9H,5-7,12H2,1-4H3. The van der Waals surface area contributed by atoms with Crippen LogP contribution in [0.1, 0.15) is 45.4 Å². The number of rotatable bonds is 5. The van der Waals surface area contributed by atoms with Crippen LogP contribution >= 0.6 is 0 Å². The van der Waals surface area contributed by atoms with Crippen molar-refractivity contribution >= 4 is 0 Å². The van der Waals surface area contributed by atoms with Crippen molar-refractivity contribution in [2.24, 2.45) is 11.7 Å². The lowest BCUT2D eigenvalue weighted by Gasteiger charge is -2.19. The van der Waals surface area contributed by atoms with Gasteiger partial charge in [0.25, 0.3) is 0 Å². The van der Waals surface area contributed by atoms with Gasteiger partial charge in [0.1, 0.15) is 5.82 Å². The summed E-state index contributed by atoms with van der Waals surface area (Å²) in [6.07, 6.45) is 1.82. The Morgan fingerprint density at radius 2 is 1.93 bits per heavy atom. The molecule has 1 rings (SSSR count). The van der Waals surface area contributed by atoms with E-state index < -0.39 is 0 Å². The summed E-state index contributed by atoms with van der Waals surface area (Å²) in [5, 5.41) is 4.52. The molecule has 1 heterocycles. The second kappa shape index (κ2) is 5.26. The maximum absolute atomic E-state index is 5.68. The summed E-state index contributed by atoms with van der Waals surface area (Å²) in [6.45, 7) is 9.18. The Morgan fingerprint density at radius 3 is 2.40 bits per heavy atom. The van der Waals surface area contributed by atoms with E-state index in [4.69, 9.17) is 5.73 Å². The van der Waals surface area contributed by atoms with Gasteiger partial charge in [0.2, 0.25) is 0 Å². The van der Waals surface area contributed by atoms with E-state index in [1.165, 1.54) is 0 Å². The Morgan fingerprint density at radius 1 is 1.27 bits per heavy atom. The molecule has 0 amide bonds. The highest BCUT2D eigenvalue weighted by atomic mass is 15.4. The highest BCUT2D eigenvalue weighted by molar-refractivity contribution is 4.95. The molecule has 86 valence electrons. The molecule has 0 saturated carbocycles. The van der Waals surface area contributed by atoms with Gasteiger partial charge in [-0.15, -0.1) is 0 Å². The Kier molecular flexibility index (Phi) is 4.27. The third-order valence-corrected chi connectivity index (χ3v) is 2.96. The van der Waals surface area contributed by atoms with Gasteiger partial charge in [-0.2, -0.15) is 5.10 Å². The maximum atomic E-state index is 5.68. The van der Waals surface area contributed by atoms with E-state index in [1.807, 2.05) is 4.68 Å². The molecule has 1 aromatic rings. The van der Waals surface area contributed by atoms with E-state index in [1.54, 1.807) is 0 Å². The molecule has 4 heteroatoms. The number of hydrogen-bond acceptors (Lipinski definition) is 3. The Bertz CT molecular complexity index is 306. The number of nitrogens with zero attached hydrogens (tertiary/aromatic N) is 3. The lowest BCUT2D eigenvalue weighted by atomic mass is 10.0. The molecule has 2 atom stereocenters. The molecular formula is C11H22N4. The van der Waals surface area contributed by atoms with Gasteiger partial charge in [0.15, 0.2) is 5.82 Å². The Balaban J connectivity index is 2.95. The van der Waals surface area contributed by atoms with E-state index in [2.05, 4.69) is 37.8 Å². The smallest absolute Gasteiger partial charge is 0.150 e. The fourth-order valence-electron chi connectivity index (χ4n) is 1.56. The molecule has 2 unspecified atom stereocenters. The first-order valence-corrected chi connectivity index (χ1v) is 5.78. The SMILES string of the molecule is CCc1nc(CC)n(C(C)C(C)CN)n1. The van der Waals surface area contributed by atoms with Crippen molar-refractivity contribution in [2.75, 3.05) is 6.54 Å². The van der Waals surface area contributed by atoms with Crippen LogP contribution < -0.4 is 5.73 Å². The molecule has 2 N–H and O–H groups in total. The van der Waals surface area contributed by atoms with Crippen LogP contribution in [-0.4, -0.2) is 21.3 Å². The van der Waals surface area contributed by atoms with Gasteiger partial charge in [-0.3, -0.25) is 0 Å². The van der Waals surface area contributed by atoms with Crippen molar-refractivity contribution in [3.63, 3.8) is 0 Å². The molecule has 0 saturated heterocycles. The van der Waals surface area contributed by atoms with Gasteiger partial charge in [0.05, 0.1) is 6.04 Å². The van der Waals surface area contributed by atoms with Gasteiger partial charge in [0, 0.05) is 12.8 Å². The zero-order chi connectivity index (χ0) is 11.4. The number of hydrogen-bond donors (Lipinski definition) is 1. The third kappa shape index (κ3) is 2.56. The minimum absolute atomic E-state index is 0.331. The van der Waals surface area contributed by atoms with Crippen molar-refractivity contribution in [3.8, 4) is 0 Å². The highest BCUT2D eigenvalue weighted by Gasteiger charge is 2.17. The Hall–Kier alpha value is -0.900. The van der Waals surface area contributed by atoms with Crippen LogP contribution in [0.5, 0.6) is 0 Å². The largest absolute Gasteiger partial charge is 0.330 e. The van der Waals surface area contributed by atoms with Crippen LogP contribution in [0.2, 0.25) is 0 Å². The summed E-state index contributed by atoms with van der Waals surface area (Å²) in [7, 11) is 0. The average Bonchev–Trinajstić information content (AvgIpc) is 2.69. The van der Waals surface area contributed by atoms with Gasteiger partial charge in [-0.25, -0.2) is 9.67 Å². The number of nitrogens with two attached hydrogens (primary N) is 1. The van der Waals surface area contributed by atoms with E-state index in [-0.39, 0.29) is 0 Å². The zero-order valence-corrected chi connectivity index (χ0v) is 10.2. The summed E-state index contributed by atoms with van der Waals surface area (Å²) in [4.78, 5) is 4.50. The van der Waals surface area contributed by atoms with Gasteiger partial charge in [-0.05, 0) is 19.4 Å². The predicted octanol–water partition coefficient (Wildman–Crippen LogP) is 1.56. The normalized spacial score (nSPS) is 15.3. The average molecular weight is 210 g/mol. The fraction of sp³-hybridized carbons (Fsp3) is 0.818. The molecule has 1 aromatic heterocycles. The number of aromatic nitrogens is 3. The fourth-order valence-corrected chi connectivity index (χ4v) is 1.56. The molecule has 0 fully saturated rings. The maximum Gasteiger partial charge on any atom is 0.150 e. The van der Waals surface area contributed by atoms with Crippen LogP contribution in [0.25, 0.3) is 0 Å². The molecule has 0 aliphatic heterocycles. The summed E-state index contributed by atoms with van der Waals surface area (Å²) >= 11 is 0. The quantitative estimate of drug-likeness (QED) is 0.802. The molecule has 0 bridgehead atoms. The van der Waals surface area contributed by atoms with E-state index in [0.29, 0.717) is 18.5 Å². The first-order valence-electron chi connectivity index (χ1n) is 5.78. The predicted molar refractivity (Wildman–Crippen MR) is 61.7 cm³/mol. The van der Waals surface area contributed by atoms with Crippen LogP contribution in [-0.2, 0) is 12.8 Å². The highest BCUT2D eigenvalue weighted by Crippen LogP contribution is 2.17. The molecule has 0 aromatic carbocycles. The molecule has 0 radical (unpaired) electrons. The minimum Gasteiger partial charge on any atom is -0.330 e. The van der Waals surface area contributed by atoms with Crippen molar-refractivity contribution < 1.29 is 0 Å². The molecule has 4 nitrogen and oxygen atoms in total. The Labute approximate surface area is 91.9 Å². The topological polar surface area (TPSA) is 56.7 Å². The molecule has 0 spiro atoms. The lowest BCUT2D eigenvalue weighted by molar-refractivity contribution is 0.347. The molecule has 15 heavy (non-hydrogen) atoms. The van der Waals surface area contributed by atoms with E-state index in [9.17, 15) is 0 Å². The van der Waals surface area contributed by atoms with Crippen LogP contribution in [0, 0.1) is 5.92 Å². The third-order valence-electron chi connectivity index (χ3n) is 2.96. The second-order valence-electron chi connectivity index (χ2n) is 4.05. The first kappa shape index (κ1) is 12.2. The van der Waals surface area contributed by atoms with Crippen LogP contribution in [0.4, 0.5) is 0 Å². The van der Waals surface area contributed by atoms with Gasteiger partial charge >= 0.3 is 0 Å². The van der Waals surface area contributed by atoms with Crippen LogP contribution in [0.15, 0.2) is 0 Å². The summed E-state index contributed by atoms with van der Waals surface area (Å²) in [6, 6.07) is 0.331. The van der Waals surface area contributed by atoms with Crippen molar-refractivity contribution in [3.05, 3.63) is 11.6 Å². The van der Waals surface area contributed by atoms with Crippen LogP contribution in [0.3, 0.4) is 0 Å². The lowest BCUT2D eigenvalue weighted by Crippen LogP contribution is -2.23. The second-order valence-corrected chi connectivity index (χ2v) is 4.05.